The summed E-state index contributed by atoms with van der Waals surface area (Å²) in [6.07, 6.45) is 0. The molecule has 0 rings (SSSR count). The van der Waals surface area contributed by atoms with E-state index < -0.39 is 5.97 Å². The van der Waals surface area contributed by atoms with E-state index in [1.807, 2.05) is 39.8 Å². The normalized spacial score (nSPS) is 13.7. The van der Waals surface area contributed by atoms with Crippen molar-refractivity contribution in [3.8, 4) is 0 Å². The molecule has 76 valence electrons. The molecular formula is C10H19NO2. The first-order valence-corrected chi connectivity index (χ1v) is 4.30. The van der Waals surface area contributed by atoms with E-state index in [0.717, 1.165) is 5.70 Å². The average molecular weight is 185 g/mol. The van der Waals surface area contributed by atoms with Crippen LogP contribution in [0.25, 0.3) is 0 Å². The van der Waals surface area contributed by atoms with E-state index in [0.29, 0.717) is 5.57 Å². The lowest BCUT2D eigenvalue weighted by Gasteiger charge is -2.30. The molecule has 0 aromatic rings. The van der Waals surface area contributed by atoms with Gasteiger partial charge in [-0.15, -0.1) is 0 Å². The number of carboxylic acid groups (broad SMARTS) is 1. The summed E-state index contributed by atoms with van der Waals surface area (Å²) in [5, 5.41) is 8.88. The van der Waals surface area contributed by atoms with E-state index >= 15 is 0 Å². The van der Waals surface area contributed by atoms with E-state index in [-0.39, 0.29) is 5.41 Å². The zero-order valence-corrected chi connectivity index (χ0v) is 9.30. The highest BCUT2D eigenvalue weighted by Crippen LogP contribution is 2.29. The molecule has 0 saturated carbocycles. The maximum absolute atomic E-state index is 10.8. The number of allylic oxidation sites excluding steroid dienone is 1. The van der Waals surface area contributed by atoms with Crippen LogP contribution in [0.5, 0.6) is 0 Å². The van der Waals surface area contributed by atoms with E-state index in [1.165, 1.54) is 0 Å². The summed E-state index contributed by atoms with van der Waals surface area (Å²) in [5.74, 6) is -0.848. The van der Waals surface area contributed by atoms with Gasteiger partial charge in [-0.3, -0.25) is 0 Å². The molecule has 0 amide bonds. The third kappa shape index (κ3) is 3.09. The van der Waals surface area contributed by atoms with Gasteiger partial charge in [0.15, 0.2) is 0 Å². The Morgan fingerprint density at radius 1 is 1.23 bits per heavy atom. The standard InChI is InChI=1S/C10H19NO2/c1-7(9(12)13)8(11(5)6)10(2,3)4/h1-6H3,(H,12,13). The van der Waals surface area contributed by atoms with E-state index in [1.54, 1.807) is 6.92 Å². The molecule has 0 aromatic carbocycles. The van der Waals surface area contributed by atoms with Crippen molar-refractivity contribution >= 4 is 5.97 Å². The van der Waals surface area contributed by atoms with Gasteiger partial charge in [0.1, 0.15) is 0 Å². The minimum absolute atomic E-state index is 0.133. The van der Waals surface area contributed by atoms with Crippen molar-refractivity contribution in [1.82, 2.24) is 4.90 Å². The second-order valence-corrected chi connectivity index (χ2v) is 4.42. The fourth-order valence-electron chi connectivity index (χ4n) is 1.67. The first kappa shape index (κ1) is 12.0. The second kappa shape index (κ2) is 3.81. The fourth-order valence-corrected chi connectivity index (χ4v) is 1.67. The molecule has 0 bridgehead atoms. The minimum Gasteiger partial charge on any atom is -0.478 e. The number of hydrogen-bond acceptors (Lipinski definition) is 2. The van der Waals surface area contributed by atoms with Crippen molar-refractivity contribution in [1.29, 1.82) is 0 Å². The smallest absolute Gasteiger partial charge is 0.333 e. The van der Waals surface area contributed by atoms with Crippen LogP contribution in [0.3, 0.4) is 0 Å². The first-order valence-electron chi connectivity index (χ1n) is 4.30. The van der Waals surface area contributed by atoms with Gasteiger partial charge in [-0.25, -0.2) is 4.79 Å². The highest BCUT2D eigenvalue weighted by atomic mass is 16.4. The quantitative estimate of drug-likeness (QED) is 0.668. The Morgan fingerprint density at radius 2 is 1.62 bits per heavy atom. The minimum atomic E-state index is -0.848. The zero-order chi connectivity index (χ0) is 10.8. The summed E-state index contributed by atoms with van der Waals surface area (Å²) in [4.78, 5) is 12.7. The predicted octanol–water partition coefficient (Wildman–Crippen LogP) is 1.95. The summed E-state index contributed by atoms with van der Waals surface area (Å²) >= 11 is 0. The molecule has 1 N–H and O–H groups in total. The van der Waals surface area contributed by atoms with Crippen LogP contribution in [0.2, 0.25) is 0 Å². The summed E-state index contributed by atoms with van der Waals surface area (Å²) in [5.41, 5.74) is 1.14. The Hall–Kier alpha value is -0.990. The van der Waals surface area contributed by atoms with Crippen molar-refractivity contribution in [2.24, 2.45) is 5.41 Å². The van der Waals surface area contributed by atoms with Crippen LogP contribution < -0.4 is 0 Å². The Labute approximate surface area is 80.0 Å². The Kier molecular flexibility index (Phi) is 3.52. The number of aliphatic carboxylic acids is 1. The number of hydrogen-bond donors (Lipinski definition) is 1. The van der Waals surface area contributed by atoms with Crippen LogP contribution in [0.1, 0.15) is 27.7 Å². The molecule has 0 aliphatic carbocycles. The highest BCUT2D eigenvalue weighted by molar-refractivity contribution is 5.86. The lowest BCUT2D eigenvalue weighted by Crippen LogP contribution is -2.26. The number of rotatable bonds is 2. The van der Waals surface area contributed by atoms with Gasteiger partial charge in [-0.2, -0.15) is 0 Å². The highest BCUT2D eigenvalue weighted by Gasteiger charge is 2.23. The molecule has 0 spiro atoms. The van der Waals surface area contributed by atoms with Crippen molar-refractivity contribution in [2.45, 2.75) is 27.7 Å². The molecule has 0 aromatic heterocycles. The molecule has 0 aliphatic heterocycles. The SMILES string of the molecule is CC(C(=O)O)=C(N(C)C)C(C)(C)C. The topological polar surface area (TPSA) is 40.5 Å². The molecule has 0 radical (unpaired) electrons. The number of carboxylic acids is 1. The van der Waals surface area contributed by atoms with E-state index in [4.69, 9.17) is 5.11 Å². The molecule has 0 heterocycles. The summed E-state index contributed by atoms with van der Waals surface area (Å²) in [7, 11) is 3.74. The van der Waals surface area contributed by atoms with Crippen molar-refractivity contribution < 1.29 is 9.90 Å². The van der Waals surface area contributed by atoms with Crippen molar-refractivity contribution in [3.05, 3.63) is 11.3 Å². The molecule has 0 unspecified atom stereocenters. The van der Waals surface area contributed by atoms with Gasteiger partial charge < -0.3 is 10.0 Å². The van der Waals surface area contributed by atoms with Gasteiger partial charge >= 0.3 is 5.97 Å². The van der Waals surface area contributed by atoms with Gasteiger partial charge in [0, 0.05) is 25.2 Å². The Morgan fingerprint density at radius 3 is 1.69 bits per heavy atom. The zero-order valence-electron chi connectivity index (χ0n) is 9.30. The Balaban J connectivity index is 5.26. The number of nitrogens with zero attached hydrogens (tertiary/aromatic N) is 1. The lowest BCUT2D eigenvalue weighted by molar-refractivity contribution is -0.132. The van der Waals surface area contributed by atoms with E-state index in [2.05, 4.69) is 0 Å². The first-order chi connectivity index (χ1) is 5.68. The molecule has 3 nitrogen and oxygen atoms in total. The van der Waals surface area contributed by atoms with Crippen molar-refractivity contribution in [3.63, 3.8) is 0 Å². The van der Waals surface area contributed by atoms with Crippen LogP contribution >= 0.6 is 0 Å². The van der Waals surface area contributed by atoms with Gasteiger partial charge in [-0.1, -0.05) is 20.8 Å². The molecular weight excluding hydrogens is 166 g/mol. The number of carbonyl (C=O) groups is 1. The maximum Gasteiger partial charge on any atom is 0.333 e. The lowest BCUT2D eigenvalue weighted by atomic mass is 9.88. The molecule has 13 heavy (non-hydrogen) atoms. The summed E-state index contributed by atoms with van der Waals surface area (Å²) in [6, 6.07) is 0. The molecule has 0 aliphatic rings. The fraction of sp³-hybridized carbons (Fsp3) is 0.700. The van der Waals surface area contributed by atoms with Crippen LogP contribution in [0.15, 0.2) is 11.3 Å². The average Bonchev–Trinajstić information content (AvgIpc) is 1.82. The molecule has 0 saturated heterocycles. The molecule has 0 atom stereocenters. The van der Waals surface area contributed by atoms with Crippen LogP contribution in [0.4, 0.5) is 0 Å². The molecule has 0 fully saturated rings. The van der Waals surface area contributed by atoms with Crippen molar-refractivity contribution in [2.75, 3.05) is 14.1 Å². The summed E-state index contributed by atoms with van der Waals surface area (Å²) in [6.45, 7) is 7.67. The van der Waals surface area contributed by atoms with Gasteiger partial charge in [0.05, 0.1) is 5.57 Å². The van der Waals surface area contributed by atoms with Gasteiger partial charge in [-0.05, 0) is 6.92 Å². The van der Waals surface area contributed by atoms with E-state index in [9.17, 15) is 4.79 Å². The van der Waals surface area contributed by atoms with Gasteiger partial charge in [0.2, 0.25) is 0 Å². The van der Waals surface area contributed by atoms with Crippen LogP contribution in [0, 0.1) is 5.41 Å². The summed E-state index contributed by atoms with van der Waals surface area (Å²) < 4.78 is 0. The van der Waals surface area contributed by atoms with Gasteiger partial charge in [0.25, 0.3) is 0 Å². The molecule has 3 heteroatoms. The third-order valence-corrected chi connectivity index (χ3v) is 1.83. The van der Waals surface area contributed by atoms with Crippen LogP contribution in [-0.2, 0) is 4.79 Å². The second-order valence-electron chi connectivity index (χ2n) is 4.42. The third-order valence-electron chi connectivity index (χ3n) is 1.83. The monoisotopic (exact) mass is 185 g/mol. The largest absolute Gasteiger partial charge is 0.478 e. The maximum atomic E-state index is 10.8. The predicted molar refractivity (Wildman–Crippen MR) is 53.5 cm³/mol. The Bertz CT molecular complexity index is 234. The van der Waals surface area contributed by atoms with Crippen LogP contribution in [-0.4, -0.2) is 30.1 Å².